The zero-order valence-corrected chi connectivity index (χ0v) is 23.5. The molecule has 3 rings (SSSR count). The van der Waals surface area contributed by atoms with Gasteiger partial charge in [0.25, 0.3) is 0 Å². The number of rotatable bonds is 12. The third-order valence-corrected chi connectivity index (χ3v) is 7.33. The van der Waals surface area contributed by atoms with E-state index in [0.29, 0.717) is 18.6 Å². The summed E-state index contributed by atoms with van der Waals surface area (Å²) in [6.45, 7) is 8.56. The molecule has 1 aliphatic heterocycles. The summed E-state index contributed by atoms with van der Waals surface area (Å²) in [5, 5.41) is 6.00. The lowest BCUT2D eigenvalue weighted by molar-refractivity contribution is -0.191. The molecule has 0 aromatic heterocycles. The number of hydrogen-bond acceptors (Lipinski definition) is 5. The first kappa shape index (κ1) is 29.2. The maximum atomic E-state index is 13.5. The minimum atomic E-state index is -0.789. The molecular weight excluding hydrogens is 480 g/mol. The summed E-state index contributed by atoms with van der Waals surface area (Å²) in [4.78, 5) is 42.2. The van der Waals surface area contributed by atoms with Crippen molar-refractivity contribution in [1.82, 2.24) is 20.4 Å². The quantitative estimate of drug-likeness (QED) is 0.392. The fourth-order valence-corrected chi connectivity index (χ4v) is 4.95. The summed E-state index contributed by atoms with van der Waals surface area (Å²) in [6.07, 6.45) is 1.99. The van der Waals surface area contributed by atoms with E-state index in [1.807, 2.05) is 83.4 Å². The average Bonchev–Trinajstić information content (AvgIpc) is 2.88. The number of ether oxygens (including phenoxy) is 1. The topological polar surface area (TPSA) is 91.0 Å². The van der Waals surface area contributed by atoms with Gasteiger partial charge in [-0.05, 0) is 51.9 Å². The number of carbonyl (C=O) groups is 3. The number of nitrogens with one attached hydrogen (secondary N) is 2. The van der Waals surface area contributed by atoms with Crippen LogP contribution in [0.2, 0.25) is 0 Å². The molecule has 2 aromatic rings. The van der Waals surface area contributed by atoms with Gasteiger partial charge >= 0.3 is 6.03 Å². The number of β-lactam (4-membered cyclic amide) rings is 1. The fourth-order valence-electron chi connectivity index (χ4n) is 4.95. The van der Waals surface area contributed by atoms with E-state index in [1.54, 1.807) is 4.90 Å². The number of carbonyl (C=O) groups excluding carboxylic acids is 3. The highest BCUT2D eigenvalue weighted by Gasteiger charge is 2.63. The fraction of sp³-hybridized carbons (Fsp3) is 0.500. The van der Waals surface area contributed by atoms with Gasteiger partial charge in [-0.1, -0.05) is 75.2 Å². The molecule has 8 heteroatoms. The van der Waals surface area contributed by atoms with E-state index < -0.39 is 17.7 Å². The highest BCUT2D eigenvalue weighted by atomic mass is 16.5. The number of amides is 4. The summed E-state index contributed by atoms with van der Waals surface area (Å²) in [6, 6.07) is 14.8. The first-order valence-electron chi connectivity index (χ1n) is 13.5. The Morgan fingerprint density at radius 1 is 1.05 bits per heavy atom. The monoisotopic (exact) mass is 522 g/mol. The van der Waals surface area contributed by atoms with Crippen LogP contribution in [-0.4, -0.2) is 54.5 Å². The molecular formula is C30H42N4O4. The van der Waals surface area contributed by atoms with Crippen LogP contribution in [0.25, 0.3) is 0 Å². The minimum absolute atomic E-state index is 0.0980. The Morgan fingerprint density at radius 2 is 1.71 bits per heavy atom. The molecule has 0 aliphatic carbocycles. The van der Waals surface area contributed by atoms with Crippen molar-refractivity contribution < 1.29 is 19.1 Å². The SMILES string of the molecule is CCC[C@@H](NC(=O)N1C(=O)C(CC)(CC)[C@@H]1Oc1ccccc1CNC(=O)CN(C)C)c1ccc(C)cc1. The van der Waals surface area contributed by atoms with Crippen LogP contribution >= 0.6 is 0 Å². The molecule has 2 aromatic carbocycles. The van der Waals surface area contributed by atoms with E-state index in [1.165, 1.54) is 4.90 Å². The van der Waals surface area contributed by atoms with Crippen LogP contribution in [0.4, 0.5) is 4.79 Å². The second-order valence-electron chi connectivity index (χ2n) is 10.3. The van der Waals surface area contributed by atoms with Gasteiger partial charge in [-0.25, -0.2) is 9.69 Å². The molecule has 1 saturated heterocycles. The van der Waals surface area contributed by atoms with Gasteiger partial charge in [0.05, 0.1) is 12.6 Å². The highest BCUT2D eigenvalue weighted by Crippen LogP contribution is 2.46. The Morgan fingerprint density at radius 3 is 2.32 bits per heavy atom. The van der Waals surface area contributed by atoms with Crippen LogP contribution in [0.1, 0.15) is 69.2 Å². The lowest BCUT2D eigenvalue weighted by Gasteiger charge is -2.53. The molecule has 0 saturated carbocycles. The van der Waals surface area contributed by atoms with Crippen LogP contribution in [0.5, 0.6) is 5.75 Å². The molecule has 38 heavy (non-hydrogen) atoms. The molecule has 0 unspecified atom stereocenters. The molecule has 8 nitrogen and oxygen atoms in total. The van der Waals surface area contributed by atoms with E-state index in [9.17, 15) is 14.4 Å². The van der Waals surface area contributed by atoms with Gasteiger partial charge in [0.1, 0.15) is 11.2 Å². The van der Waals surface area contributed by atoms with Crippen molar-refractivity contribution >= 4 is 17.8 Å². The van der Waals surface area contributed by atoms with Crippen LogP contribution < -0.4 is 15.4 Å². The van der Waals surface area contributed by atoms with Crippen LogP contribution in [0, 0.1) is 12.3 Å². The number of imide groups is 1. The Kier molecular flexibility index (Phi) is 9.91. The van der Waals surface area contributed by atoms with Crippen molar-refractivity contribution in [2.75, 3.05) is 20.6 Å². The van der Waals surface area contributed by atoms with E-state index >= 15 is 0 Å². The van der Waals surface area contributed by atoms with Gasteiger partial charge < -0.3 is 20.3 Å². The molecule has 0 radical (unpaired) electrons. The third kappa shape index (κ3) is 6.35. The number of hydrogen-bond donors (Lipinski definition) is 2. The maximum Gasteiger partial charge on any atom is 0.327 e. The Labute approximate surface area is 226 Å². The van der Waals surface area contributed by atoms with Crippen molar-refractivity contribution in [1.29, 1.82) is 0 Å². The summed E-state index contributed by atoms with van der Waals surface area (Å²) in [5.41, 5.74) is 2.15. The molecule has 1 fully saturated rings. The summed E-state index contributed by atoms with van der Waals surface area (Å²) >= 11 is 0. The second-order valence-corrected chi connectivity index (χ2v) is 10.3. The zero-order valence-electron chi connectivity index (χ0n) is 23.5. The molecule has 0 spiro atoms. The molecule has 2 N–H and O–H groups in total. The van der Waals surface area contributed by atoms with Gasteiger partial charge in [-0.15, -0.1) is 0 Å². The minimum Gasteiger partial charge on any atom is -0.468 e. The van der Waals surface area contributed by atoms with Crippen molar-refractivity contribution in [3.8, 4) is 5.75 Å². The lowest BCUT2D eigenvalue weighted by Crippen LogP contribution is -2.73. The Hall–Kier alpha value is -3.39. The molecule has 1 aliphatic rings. The van der Waals surface area contributed by atoms with Gasteiger partial charge in [0.15, 0.2) is 6.23 Å². The van der Waals surface area contributed by atoms with E-state index in [4.69, 9.17) is 4.74 Å². The summed E-state index contributed by atoms with van der Waals surface area (Å²) in [5.74, 6) is 0.225. The number of likely N-dealkylation sites (tertiary alicyclic amines) is 1. The van der Waals surface area contributed by atoms with Crippen molar-refractivity contribution in [2.24, 2.45) is 5.41 Å². The van der Waals surface area contributed by atoms with Crippen molar-refractivity contribution in [2.45, 2.75) is 72.2 Å². The molecule has 2 atom stereocenters. The first-order chi connectivity index (χ1) is 18.2. The smallest absolute Gasteiger partial charge is 0.327 e. The van der Waals surface area contributed by atoms with Gasteiger partial charge in [0.2, 0.25) is 11.8 Å². The maximum absolute atomic E-state index is 13.5. The molecule has 4 amide bonds. The van der Waals surface area contributed by atoms with Crippen LogP contribution in [-0.2, 0) is 16.1 Å². The predicted molar refractivity (Wildman–Crippen MR) is 148 cm³/mol. The largest absolute Gasteiger partial charge is 0.468 e. The third-order valence-electron chi connectivity index (χ3n) is 7.33. The summed E-state index contributed by atoms with van der Waals surface area (Å²) in [7, 11) is 3.67. The lowest BCUT2D eigenvalue weighted by atomic mass is 9.72. The molecule has 0 bridgehead atoms. The number of benzene rings is 2. The average molecular weight is 523 g/mol. The van der Waals surface area contributed by atoms with Crippen molar-refractivity contribution in [3.63, 3.8) is 0 Å². The van der Waals surface area contributed by atoms with E-state index in [-0.39, 0.29) is 30.9 Å². The predicted octanol–water partition coefficient (Wildman–Crippen LogP) is 4.78. The second kappa shape index (κ2) is 12.9. The molecule has 1 heterocycles. The normalized spacial score (nSPS) is 17.1. The van der Waals surface area contributed by atoms with Crippen molar-refractivity contribution in [3.05, 3.63) is 65.2 Å². The Balaban J connectivity index is 1.83. The number of aryl methyl sites for hydroxylation is 1. The first-order valence-corrected chi connectivity index (χ1v) is 13.5. The zero-order chi connectivity index (χ0) is 27.9. The van der Waals surface area contributed by atoms with Gasteiger partial charge in [-0.2, -0.15) is 0 Å². The van der Waals surface area contributed by atoms with Gasteiger partial charge in [0, 0.05) is 12.1 Å². The van der Waals surface area contributed by atoms with E-state index in [2.05, 4.69) is 17.6 Å². The Bertz CT molecular complexity index is 1110. The van der Waals surface area contributed by atoms with Crippen LogP contribution in [0.3, 0.4) is 0 Å². The van der Waals surface area contributed by atoms with Gasteiger partial charge in [-0.3, -0.25) is 9.59 Å². The number of nitrogens with zero attached hydrogens (tertiary/aromatic N) is 2. The highest BCUT2D eigenvalue weighted by molar-refractivity contribution is 6.03. The number of urea groups is 1. The standard InChI is InChI=1S/C30H42N4O4/c1-7-12-24(22-17-15-21(4)16-18-22)32-29(37)34-27(36)30(8-2,9-3)28(34)38-25-14-11-10-13-23(25)19-31-26(35)20-33(5)6/h10-11,13-18,24,28H,7-9,12,19-20H2,1-6H3,(H,31,35)(H,32,37)/t24-,28+/m1/s1. The number of para-hydroxylation sites is 1. The number of likely N-dealkylation sites (N-methyl/N-ethyl adjacent to an activating group) is 1. The summed E-state index contributed by atoms with van der Waals surface area (Å²) < 4.78 is 6.44. The molecule has 206 valence electrons. The van der Waals surface area contributed by atoms with Crippen LogP contribution in [0.15, 0.2) is 48.5 Å². The van der Waals surface area contributed by atoms with E-state index in [0.717, 1.165) is 29.5 Å².